The Morgan fingerprint density at radius 2 is 2.29 bits per heavy atom. The SMILES string of the molecule is CN1CCC(CN(C)CC2(C(=O)O)COC2)C1. The van der Waals surface area contributed by atoms with Gasteiger partial charge in [0.25, 0.3) is 0 Å². The van der Waals surface area contributed by atoms with Gasteiger partial charge in [-0.15, -0.1) is 0 Å². The smallest absolute Gasteiger partial charge is 0.315 e. The van der Waals surface area contributed by atoms with Gasteiger partial charge in [-0.25, -0.2) is 0 Å². The fourth-order valence-electron chi connectivity index (χ4n) is 2.83. The van der Waals surface area contributed by atoms with Gasteiger partial charge in [0.05, 0.1) is 13.2 Å². The molecule has 0 radical (unpaired) electrons. The number of nitrogens with zero attached hydrogens (tertiary/aromatic N) is 2. The molecule has 2 aliphatic rings. The first kappa shape index (κ1) is 12.8. The highest BCUT2D eigenvalue weighted by molar-refractivity contribution is 5.76. The molecular formula is C12H22N2O3. The molecule has 98 valence electrons. The summed E-state index contributed by atoms with van der Waals surface area (Å²) in [6.07, 6.45) is 1.22. The van der Waals surface area contributed by atoms with Crippen molar-refractivity contribution in [3.63, 3.8) is 0 Å². The van der Waals surface area contributed by atoms with Crippen LogP contribution in [0, 0.1) is 11.3 Å². The van der Waals surface area contributed by atoms with Crippen molar-refractivity contribution in [3.05, 3.63) is 0 Å². The van der Waals surface area contributed by atoms with Crippen LogP contribution in [0.25, 0.3) is 0 Å². The molecule has 0 spiro atoms. The Morgan fingerprint density at radius 1 is 1.59 bits per heavy atom. The minimum Gasteiger partial charge on any atom is -0.481 e. The molecule has 2 rings (SSSR count). The predicted octanol–water partition coefficient (Wildman–Crippen LogP) is -0.0289. The molecule has 2 fully saturated rings. The third-order valence-electron chi connectivity index (χ3n) is 3.84. The van der Waals surface area contributed by atoms with Crippen molar-refractivity contribution in [1.82, 2.24) is 9.80 Å². The molecule has 2 aliphatic heterocycles. The molecule has 17 heavy (non-hydrogen) atoms. The second-order valence-electron chi connectivity index (χ2n) is 5.69. The predicted molar refractivity (Wildman–Crippen MR) is 64.0 cm³/mol. The Kier molecular flexibility index (Phi) is 3.70. The monoisotopic (exact) mass is 242 g/mol. The third-order valence-corrected chi connectivity index (χ3v) is 3.84. The number of carboxylic acid groups (broad SMARTS) is 1. The van der Waals surface area contributed by atoms with Gasteiger partial charge in [0.2, 0.25) is 0 Å². The Labute approximate surface area is 102 Å². The van der Waals surface area contributed by atoms with Crippen LogP contribution in [0.5, 0.6) is 0 Å². The topological polar surface area (TPSA) is 53.0 Å². The summed E-state index contributed by atoms with van der Waals surface area (Å²) in [6, 6.07) is 0. The fourth-order valence-corrected chi connectivity index (χ4v) is 2.83. The van der Waals surface area contributed by atoms with E-state index in [-0.39, 0.29) is 0 Å². The van der Waals surface area contributed by atoms with Crippen LogP contribution in [0.4, 0.5) is 0 Å². The maximum Gasteiger partial charge on any atom is 0.315 e. The number of ether oxygens (including phenoxy) is 1. The first-order chi connectivity index (χ1) is 8.02. The lowest BCUT2D eigenvalue weighted by Gasteiger charge is -2.40. The van der Waals surface area contributed by atoms with Crippen molar-refractivity contribution in [3.8, 4) is 0 Å². The standard InChI is InChI=1S/C12H22N2O3/c1-13-4-3-10(5-13)6-14(2)7-12(11(15)16)8-17-9-12/h10H,3-9H2,1-2H3,(H,15,16). The van der Waals surface area contributed by atoms with E-state index in [1.807, 2.05) is 7.05 Å². The Morgan fingerprint density at radius 3 is 2.71 bits per heavy atom. The van der Waals surface area contributed by atoms with E-state index in [0.717, 1.165) is 19.6 Å². The van der Waals surface area contributed by atoms with Crippen LogP contribution in [0.1, 0.15) is 6.42 Å². The van der Waals surface area contributed by atoms with Crippen LogP contribution in [0.2, 0.25) is 0 Å². The molecule has 1 atom stereocenters. The lowest BCUT2D eigenvalue weighted by atomic mass is 9.85. The highest BCUT2D eigenvalue weighted by Gasteiger charge is 2.47. The van der Waals surface area contributed by atoms with E-state index in [4.69, 9.17) is 4.74 Å². The molecule has 2 heterocycles. The minimum absolute atomic E-state index is 0.358. The Balaban J connectivity index is 1.80. The number of hydrogen-bond acceptors (Lipinski definition) is 4. The second kappa shape index (κ2) is 4.92. The summed E-state index contributed by atoms with van der Waals surface area (Å²) < 4.78 is 5.07. The second-order valence-corrected chi connectivity index (χ2v) is 5.69. The number of carboxylic acids is 1. The third kappa shape index (κ3) is 2.78. The lowest BCUT2D eigenvalue weighted by molar-refractivity contribution is -0.183. The molecule has 0 bridgehead atoms. The summed E-state index contributed by atoms with van der Waals surface area (Å²) in [5.74, 6) is -0.0454. The van der Waals surface area contributed by atoms with Crippen molar-refractivity contribution in [2.24, 2.45) is 11.3 Å². The number of carbonyl (C=O) groups is 1. The van der Waals surface area contributed by atoms with Gasteiger partial charge < -0.3 is 19.6 Å². The molecule has 0 aromatic heterocycles. The zero-order valence-electron chi connectivity index (χ0n) is 10.7. The van der Waals surface area contributed by atoms with Gasteiger partial charge in [-0.05, 0) is 33.0 Å². The van der Waals surface area contributed by atoms with Gasteiger partial charge in [-0.2, -0.15) is 0 Å². The van der Waals surface area contributed by atoms with E-state index in [1.54, 1.807) is 0 Å². The summed E-state index contributed by atoms with van der Waals surface area (Å²) in [7, 11) is 4.15. The van der Waals surface area contributed by atoms with Crippen LogP contribution in [0.3, 0.4) is 0 Å². The van der Waals surface area contributed by atoms with E-state index in [9.17, 15) is 9.90 Å². The van der Waals surface area contributed by atoms with Crippen LogP contribution in [0.15, 0.2) is 0 Å². The summed E-state index contributed by atoms with van der Waals surface area (Å²) in [5, 5.41) is 9.22. The van der Waals surface area contributed by atoms with Gasteiger partial charge in [0.15, 0.2) is 0 Å². The number of rotatable bonds is 5. The molecule has 1 unspecified atom stereocenters. The molecular weight excluding hydrogens is 220 g/mol. The first-order valence-corrected chi connectivity index (χ1v) is 6.20. The quantitative estimate of drug-likeness (QED) is 0.734. The van der Waals surface area contributed by atoms with Crippen LogP contribution >= 0.6 is 0 Å². The molecule has 0 aromatic carbocycles. The molecule has 0 amide bonds. The normalized spacial score (nSPS) is 28.3. The number of hydrogen-bond donors (Lipinski definition) is 1. The van der Waals surface area contributed by atoms with Crippen LogP contribution < -0.4 is 0 Å². The van der Waals surface area contributed by atoms with E-state index in [2.05, 4.69) is 16.8 Å². The maximum atomic E-state index is 11.2. The highest BCUT2D eigenvalue weighted by atomic mass is 16.5. The zero-order chi connectivity index (χ0) is 12.5. The van der Waals surface area contributed by atoms with Crippen molar-refractivity contribution in [2.45, 2.75) is 6.42 Å². The van der Waals surface area contributed by atoms with Crippen molar-refractivity contribution >= 4 is 5.97 Å². The molecule has 5 heteroatoms. The van der Waals surface area contributed by atoms with Crippen LogP contribution in [-0.2, 0) is 9.53 Å². The summed E-state index contributed by atoms with van der Waals surface area (Å²) in [6.45, 7) is 4.59. The van der Waals surface area contributed by atoms with E-state index in [1.165, 1.54) is 6.42 Å². The molecule has 2 saturated heterocycles. The first-order valence-electron chi connectivity index (χ1n) is 6.20. The number of likely N-dealkylation sites (tertiary alicyclic amines) is 1. The van der Waals surface area contributed by atoms with Crippen molar-refractivity contribution < 1.29 is 14.6 Å². The molecule has 5 nitrogen and oxygen atoms in total. The highest BCUT2D eigenvalue weighted by Crippen LogP contribution is 2.29. The molecule has 1 N–H and O–H groups in total. The van der Waals surface area contributed by atoms with Gasteiger partial charge in [0, 0.05) is 19.6 Å². The fraction of sp³-hybridized carbons (Fsp3) is 0.917. The summed E-state index contributed by atoms with van der Waals surface area (Å²) in [4.78, 5) is 15.7. The molecule has 0 aliphatic carbocycles. The van der Waals surface area contributed by atoms with E-state index < -0.39 is 11.4 Å². The Bertz CT molecular complexity index is 291. The average molecular weight is 242 g/mol. The van der Waals surface area contributed by atoms with E-state index >= 15 is 0 Å². The molecule has 0 aromatic rings. The minimum atomic E-state index is -0.723. The van der Waals surface area contributed by atoms with Crippen molar-refractivity contribution in [2.75, 3.05) is 53.5 Å². The Hall–Kier alpha value is -0.650. The van der Waals surface area contributed by atoms with Crippen LogP contribution in [-0.4, -0.2) is 74.4 Å². The van der Waals surface area contributed by atoms with Gasteiger partial charge in [-0.3, -0.25) is 4.79 Å². The zero-order valence-corrected chi connectivity index (χ0v) is 10.7. The largest absolute Gasteiger partial charge is 0.481 e. The van der Waals surface area contributed by atoms with Gasteiger partial charge >= 0.3 is 5.97 Å². The summed E-state index contributed by atoms with van der Waals surface area (Å²) >= 11 is 0. The molecule has 0 saturated carbocycles. The van der Waals surface area contributed by atoms with Gasteiger partial charge in [0.1, 0.15) is 5.41 Å². The summed E-state index contributed by atoms with van der Waals surface area (Å²) in [5.41, 5.74) is -0.654. The average Bonchev–Trinajstić information content (AvgIpc) is 2.57. The maximum absolute atomic E-state index is 11.2. The number of aliphatic carboxylic acids is 1. The van der Waals surface area contributed by atoms with Crippen molar-refractivity contribution in [1.29, 1.82) is 0 Å². The lowest BCUT2D eigenvalue weighted by Crippen LogP contribution is -2.55. The van der Waals surface area contributed by atoms with E-state index in [0.29, 0.717) is 25.7 Å². The van der Waals surface area contributed by atoms with Gasteiger partial charge in [-0.1, -0.05) is 0 Å².